The highest BCUT2D eigenvalue weighted by Crippen LogP contribution is 2.23. The molecule has 0 aliphatic rings. The van der Waals surface area contributed by atoms with Gasteiger partial charge in [-0.2, -0.15) is 14.7 Å². The minimum absolute atomic E-state index is 0.0171. The van der Waals surface area contributed by atoms with Crippen molar-refractivity contribution < 1.29 is 14.3 Å². The zero-order valence-corrected chi connectivity index (χ0v) is 17.1. The lowest BCUT2D eigenvalue weighted by molar-refractivity contribution is -0.00177. The van der Waals surface area contributed by atoms with Gasteiger partial charge in [0.05, 0.1) is 24.0 Å². The molecule has 0 radical (unpaired) electrons. The van der Waals surface area contributed by atoms with E-state index in [1.807, 2.05) is 27.1 Å². The fraction of sp³-hybridized carbons (Fsp3) is 0.474. The molecule has 1 atom stereocenters. The molecule has 0 aliphatic heterocycles. The third kappa shape index (κ3) is 4.53. The van der Waals surface area contributed by atoms with Crippen molar-refractivity contribution in [1.29, 1.82) is 0 Å². The van der Waals surface area contributed by atoms with Crippen LogP contribution in [0.5, 0.6) is 0 Å². The van der Waals surface area contributed by atoms with Crippen molar-refractivity contribution in [3.05, 3.63) is 30.2 Å². The van der Waals surface area contributed by atoms with Crippen LogP contribution in [0.15, 0.2) is 24.7 Å². The monoisotopic (exact) mass is 403 g/mol. The van der Waals surface area contributed by atoms with Crippen LogP contribution in [0.4, 0.5) is 10.2 Å². The van der Waals surface area contributed by atoms with Gasteiger partial charge in [-0.05, 0) is 27.7 Å². The topological polar surface area (TPSA) is 109 Å². The van der Waals surface area contributed by atoms with Crippen LogP contribution < -0.4 is 10.6 Å². The Balaban J connectivity index is 1.97. The van der Waals surface area contributed by atoms with Crippen LogP contribution in [0.25, 0.3) is 16.9 Å². The average Bonchev–Trinajstić information content (AvgIpc) is 3.24. The number of nitrogens with one attached hydrogen (secondary N) is 2. The van der Waals surface area contributed by atoms with Gasteiger partial charge < -0.3 is 15.7 Å². The Labute approximate surface area is 167 Å². The third-order valence-corrected chi connectivity index (χ3v) is 4.36. The number of amides is 1. The Morgan fingerprint density at radius 2 is 2.07 bits per heavy atom. The van der Waals surface area contributed by atoms with Crippen molar-refractivity contribution in [2.24, 2.45) is 7.05 Å². The third-order valence-electron chi connectivity index (χ3n) is 4.36. The maximum Gasteiger partial charge on any atom is 0.256 e. The summed E-state index contributed by atoms with van der Waals surface area (Å²) < 4.78 is 17.3. The Hall–Kier alpha value is -3.01. The van der Waals surface area contributed by atoms with Crippen LogP contribution in [-0.4, -0.2) is 59.8 Å². The normalized spacial score (nSPS) is 13.1. The fourth-order valence-electron chi connectivity index (χ4n) is 2.73. The van der Waals surface area contributed by atoms with E-state index in [9.17, 15) is 14.3 Å². The number of aliphatic hydroxyl groups is 1. The van der Waals surface area contributed by atoms with Crippen molar-refractivity contribution >= 4 is 17.4 Å². The maximum atomic E-state index is 14.0. The minimum atomic E-state index is -1.61. The number of alkyl halides is 1. The molecule has 10 heteroatoms. The predicted molar refractivity (Wildman–Crippen MR) is 107 cm³/mol. The van der Waals surface area contributed by atoms with E-state index >= 15 is 0 Å². The van der Waals surface area contributed by atoms with E-state index in [1.165, 1.54) is 20.0 Å². The Bertz CT molecular complexity index is 1020. The summed E-state index contributed by atoms with van der Waals surface area (Å²) in [5, 5.41) is 24.2. The second-order valence-electron chi connectivity index (χ2n) is 7.85. The molecule has 3 heterocycles. The molecule has 9 nitrogen and oxygen atoms in total. The lowest BCUT2D eigenvalue weighted by Gasteiger charge is -2.22. The number of hydrogen-bond acceptors (Lipinski definition) is 6. The second kappa shape index (κ2) is 7.78. The number of carbonyl (C=O) groups excluding carboxylic acids is 1. The molecule has 1 amide bonds. The van der Waals surface area contributed by atoms with Gasteiger partial charge in [0.15, 0.2) is 5.65 Å². The molecule has 29 heavy (non-hydrogen) atoms. The number of anilines is 1. The summed E-state index contributed by atoms with van der Waals surface area (Å²) in [4.78, 5) is 17.0. The van der Waals surface area contributed by atoms with Crippen molar-refractivity contribution in [2.75, 3.05) is 11.9 Å². The van der Waals surface area contributed by atoms with Gasteiger partial charge in [-0.1, -0.05) is 0 Å². The molecule has 0 saturated heterocycles. The van der Waals surface area contributed by atoms with E-state index in [-0.39, 0.29) is 18.2 Å². The standard InChI is InChI=1S/C19H26FN7O2/c1-11(2)24-17-13(18(28)22-9-15(20)19(3,4)29)8-21-16-6-14(25-27(16)17)12-7-23-26(5)10-12/h6-8,10-11,15,24,29H,9H2,1-5H3,(H,22,28)/t15-/m1/s1. The van der Waals surface area contributed by atoms with Crippen LogP contribution in [0.3, 0.4) is 0 Å². The quantitative estimate of drug-likeness (QED) is 0.555. The largest absolute Gasteiger partial charge is 0.387 e. The first-order valence-electron chi connectivity index (χ1n) is 9.35. The Morgan fingerprint density at radius 3 is 2.66 bits per heavy atom. The summed E-state index contributed by atoms with van der Waals surface area (Å²) in [7, 11) is 1.82. The van der Waals surface area contributed by atoms with Crippen molar-refractivity contribution in [1.82, 2.24) is 29.7 Å². The summed E-state index contributed by atoms with van der Waals surface area (Å²) in [6.45, 7) is 6.26. The van der Waals surface area contributed by atoms with E-state index < -0.39 is 17.7 Å². The number of aryl methyl sites for hydroxylation is 1. The van der Waals surface area contributed by atoms with Gasteiger partial charge in [-0.25, -0.2) is 9.37 Å². The number of aromatic nitrogens is 5. The first kappa shape index (κ1) is 20.7. The van der Waals surface area contributed by atoms with Gasteiger partial charge in [0.25, 0.3) is 5.91 Å². The molecular formula is C19H26FN7O2. The molecule has 3 aromatic rings. The van der Waals surface area contributed by atoms with E-state index in [0.717, 1.165) is 5.56 Å². The second-order valence-corrected chi connectivity index (χ2v) is 7.85. The SMILES string of the molecule is CC(C)Nc1c(C(=O)NC[C@@H](F)C(C)(C)O)cnc2cc(-c3cnn(C)c3)nn12. The molecule has 3 rings (SSSR count). The lowest BCUT2D eigenvalue weighted by Crippen LogP contribution is -2.42. The number of carbonyl (C=O) groups is 1. The summed E-state index contributed by atoms with van der Waals surface area (Å²) in [6, 6.07) is 1.82. The molecule has 0 aliphatic carbocycles. The molecule has 0 fully saturated rings. The number of hydrogen-bond donors (Lipinski definition) is 3. The van der Waals surface area contributed by atoms with Crippen molar-refractivity contribution in [2.45, 2.75) is 45.5 Å². The molecule has 0 spiro atoms. The van der Waals surface area contributed by atoms with Crippen LogP contribution >= 0.6 is 0 Å². The van der Waals surface area contributed by atoms with E-state index in [1.54, 1.807) is 21.5 Å². The highest BCUT2D eigenvalue weighted by atomic mass is 19.1. The molecule has 0 saturated carbocycles. The minimum Gasteiger partial charge on any atom is -0.387 e. The summed E-state index contributed by atoms with van der Waals surface area (Å²) in [6.07, 6.45) is 3.36. The molecule has 3 N–H and O–H groups in total. The summed E-state index contributed by atoms with van der Waals surface area (Å²) in [5.74, 6) is -0.0517. The van der Waals surface area contributed by atoms with Gasteiger partial charge in [-0.15, -0.1) is 0 Å². The van der Waals surface area contributed by atoms with Crippen LogP contribution in [-0.2, 0) is 7.05 Å². The number of nitrogens with zero attached hydrogens (tertiary/aromatic N) is 5. The molecule has 3 aromatic heterocycles. The first-order valence-corrected chi connectivity index (χ1v) is 9.35. The lowest BCUT2D eigenvalue weighted by atomic mass is 10.0. The zero-order chi connectivity index (χ0) is 21.3. The predicted octanol–water partition coefficient (Wildman–Crippen LogP) is 1.79. The van der Waals surface area contributed by atoms with Crippen LogP contribution in [0, 0.1) is 0 Å². The molecular weight excluding hydrogens is 377 g/mol. The molecule has 0 aromatic carbocycles. The molecule has 156 valence electrons. The maximum absolute atomic E-state index is 14.0. The van der Waals surface area contributed by atoms with Gasteiger partial charge in [0, 0.05) is 37.1 Å². The van der Waals surface area contributed by atoms with Gasteiger partial charge in [0.2, 0.25) is 0 Å². The Morgan fingerprint density at radius 1 is 1.34 bits per heavy atom. The van der Waals surface area contributed by atoms with Crippen molar-refractivity contribution in [3.63, 3.8) is 0 Å². The van der Waals surface area contributed by atoms with E-state index in [4.69, 9.17) is 0 Å². The number of fused-ring (bicyclic) bond motifs is 1. The zero-order valence-electron chi connectivity index (χ0n) is 17.1. The Kier molecular flexibility index (Phi) is 5.56. The van der Waals surface area contributed by atoms with Crippen LogP contribution in [0.1, 0.15) is 38.1 Å². The molecule has 0 bridgehead atoms. The van der Waals surface area contributed by atoms with Crippen LogP contribution in [0.2, 0.25) is 0 Å². The average molecular weight is 403 g/mol. The molecule has 0 unspecified atom stereocenters. The van der Waals surface area contributed by atoms with Gasteiger partial charge in [0.1, 0.15) is 17.6 Å². The smallest absolute Gasteiger partial charge is 0.256 e. The number of rotatable bonds is 7. The highest BCUT2D eigenvalue weighted by molar-refractivity contribution is 5.99. The first-order chi connectivity index (χ1) is 13.6. The fourth-order valence-corrected chi connectivity index (χ4v) is 2.73. The summed E-state index contributed by atoms with van der Waals surface area (Å²) in [5.41, 5.74) is 0.735. The van der Waals surface area contributed by atoms with Crippen molar-refractivity contribution in [3.8, 4) is 11.3 Å². The summed E-state index contributed by atoms with van der Waals surface area (Å²) >= 11 is 0. The van der Waals surface area contributed by atoms with E-state index in [2.05, 4.69) is 25.8 Å². The van der Waals surface area contributed by atoms with Gasteiger partial charge in [-0.3, -0.25) is 9.48 Å². The van der Waals surface area contributed by atoms with E-state index in [0.29, 0.717) is 17.2 Å². The number of halogens is 1. The highest BCUT2D eigenvalue weighted by Gasteiger charge is 2.27. The van der Waals surface area contributed by atoms with Gasteiger partial charge >= 0.3 is 0 Å².